The van der Waals surface area contributed by atoms with Crippen molar-refractivity contribution in [2.24, 2.45) is 0 Å². The highest BCUT2D eigenvalue weighted by Gasteiger charge is 2.28. The first-order valence-corrected chi connectivity index (χ1v) is 12.4. The molecule has 0 atom stereocenters. The fourth-order valence-electron chi connectivity index (χ4n) is 3.87. The Labute approximate surface area is 186 Å². The largest absolute Gasteiger partial charge is 0.496 e. The molecule has 0 aliphatic carbocycles. The summed E-state index contributed by atoms with van der Waals surface area (Å²) >= 11 is 1.39. The molecule has 3 aromatic rings. The molecule has 0 spiro atoms. The first-order valence-electron chi connectivity index (χ1n) is 10.2. The minimum atomic E-state index is -3.66. The summed E-state index contributed by atoms with van der Waals surface area (Å²) in [5.74, 6) is -0.149. The monoisotopic (exact) mass is 459 g/mol. The zero-order valence-corrected chi connectivity index (χ0v) is 19.4. The Morgan fingerprint density at radius 2 is 1.87 bits per heavy atom. The van der Waals surface area contributed by atoms with Crippen LogP contribution in [-0.2, 0) is 10.0 Å². The molecule has 1 aromatic heterocycles. The number of nitrogens with zero attached hydrogens (tertiary/aromatic N) is 2. The second kappa shape index (κ2) is 8.57. The van der Waals surface area contributed by atoms with Crippen LogP contribution >= 0.6 is 11.3 Å². The van der Waals surface area contributed by atoms with Gasteiger partial charge in [0.1, 0.15) is 5.75 Å². The number of benzene rings is 2. The standard InChI is InChI=1S/C22H25N3O4S2/c1-14-11-15(2)20-18(12-14)23-22(30-20)24-21(26)17-13-16(7-8-19(17)29-3)31(27,28)25-9-5-4-6-10-25/h7-8,11-13H,4-6,9-10H2,1-3H3,(H,23,24,26). The first kappa shape index (κ1) is 21.7. The van der Waals surface area contributed by atoms with E-state index in [1.54, 1.807) is 0 Å². The number of piperidine rings is 1. The van der Waals surface area contributed by atoms with E-state index in [-0.39, 0.29) is 10.5 Å². The number of fused-ring (bicyclic) bond motifs is 1. The molecule has 1 aliphatic heterocycles. The van der Waals surface area contributed by atoms with Crippen LogP contribution in [0.2, 0.25) is 0 Å². The number of amides is 1. The van der Waals surface area contributed by atoms with Crippen LogP contribution in [0.1, 0.15) is 40.7 Å². The first-order chi connectivity index (χ1) is 14.8. The van der Waals surface area contributed by atoms with Crippen LogP contribution in [-0.4, -0.2) is 43.8 Å². The molecule has 9 heteroatoms. The summed E-state index contributed by atoms with van der Waals surface area (Å²) < 4.78 is 33.9. The molecule has 31 heavy (non-hydrogen) atoms. The third kappa shape index (κ3) is 4.30. The van der Waals surface area contributed by atoms with E-state index < -0.39 is 15.9 Å². The molecule has 7 nitrogen and oxygen atoms in total. The lowest BCUT2D eigenvalue weighted by atomic mass is 10.1. The predicted octanol–water partition coefficient (Wildman–Crippen LogP) is 4.35. The molecule has 0 bridgehead atoms. The Morgan fingerprint density at radius 1 is 1.13 bits per heavy atom. The van der Waals surface area contributed by atoms with E-state index in [0.717, 1.165) is 40.6 Å². The quantitative estimate of drug-likeness (QED) is 0.613. The Kier molecular flexibility index (Phi) is 6.00. The number of nitrogens with one attached hydrogen (secondary N) is 1. The highest BCUT2D eigenvalue weighted by molar-refractivity contribution is 7.89. The molecular formula is C22H25N3O4S2. The minimum absolute atomic E-state index is 0.0936. The van der Waals surface area contributed by atoms with Gasteiger partial charge in [-0.2, -0.15) is 4.31 Å². The van der Waals surface area contributed by atoms with E-state index in [1.807, 2.05) is 19.9 Å². The van der Waals surface area contributed by atoms with E-state index in [2.05, 4.69) is 16.4 Å². The Morgan fingerprint density at radius 3 is 2.58 bits per heavy atom. The third-order valence-corrected chi connectivity index (χ3v) is 8.43. The number of carbonyl (C=O) groups is 1. The Balaban J connectivity index is 1.66. The van der Waals surface area contributed by atoms with Crippen LogP contribution < -0.4 is 10.1 Å². The van der Waals surface area contributed by atoms with Gasteiger partial charge in [-0.15, -0.1) is 0 Å². The van der Waals surface area contributed by atoms with Crippen molar-refractivity contribution in [1.82, 2.24) is 9.29 Å². The highest BCUT2D eigenvalue weighted by atomic mass is 32.2. The van der Waals surface area contributed by atoms with Crippen LogP contribution in [0, 0.1) is 13.8 Å². The molecule has 2 heterocycles. The smallest absolute Gasteiger partial charge is 0.261 e. The van der Waals surface area contributed by atoms with E-state index in [9.17, 15) is 13.2 Å². The van der Waals surface area contributed by atoms with Gasteiger partial charge >= 0.3 is 0 Å². The van der Waals surface area contributed by atoms with E-state index in [1.165, 1.54) is 41.0 Å². The number of rotatable bonds is 5. The average Bonchev–Trinajstić information content (AvgIpc) is 3.16. The molecule has 1 saturated heterocycles. The second-order valence-electron chi connectivity index (χ2n) is 7.73. The normalized spacial score (nSPS) is 15.2. The predicted molar refractivity (Wildman–Crippen MR) is 123 cm³/mol. The van der Waals surface area contributed by atoms with Gasteiger partial charge in [0.15, 0.2) is 5.13 Å². The number of ether oxygens (including phenoxy) is 1. The van der Waals surface area contributed by atoms with Crippen LogP contribution in [0.25, 0.3) is 10.2 Å². The molecule has 164 valence electrons. The van der Waals surface area contributed by atoms with Crippen LogP contribution in [0.5, 0.6) is 5.75 Å². The lowest BCUT2D eigenvalue weighted by Crippen LogP contribution is -2.35. The van der Waals surface area contributed by atoms with E-state index >= 15 is 0 Å². The zero-order chi connectivity index (χ0) is 22.2. The van der Waals surface area contributed by atoms with Crippen LogP contribution in [0.4, 0.5) is 5.13 Å². The van der Waals surface area contributed by atoms with Crippen molar-refractivity contribution in [1.29, 1.82) is 0 Å². The number of aromatic nitrogens is 1. The van der Waals surface area contributed by atoms with Gasteiger partial charge in [0, 0.05) is 13.1 Å². The third-order valence-electron chi connectivity index (χ3n) is 5.41. The number of aryl methyl sites for hydroxylation is 2. The van der Waals surface area contributed by atoms with Gasteiger partial charge in [-0.3, -0.25) is 10.1 Å². The van der Waals surface area contributed by atoms with Crippen LogP contribution in [0.15, 0.2) is 35.2 Å². The van der Waals surface area contributed by atoms with Crippen molar-refractivity contribution in [2.75, 3.05) is 25.5 Å². The number of hydrogen-bond donors (Lipinski definition) is 1. The molecule has 0 unspecified atom stereocenters. The summed E-state index contributed by atoms with van der Waals surface area (Å²) in [6.07, 6.45) is 2.72. The second-order valence-corrected chi connectivity index (χ2v) is 10.7. The van der Waals surface area contributed by atoms with Crippen molar-refractivity contribution in [3.63, 3.8) is 0 Å². The molecule has 1 N–H and O–H groups in total. The molecule has 1 amide bonds. The van der Waals surface area contributed by atoms with Crippen LogP contribution in [0.3, 0.4) is 0 Å². The Hall–Kier alpha value is -2.49. The maximum atomic E-state index is 13.0. The summed E-state index contributed by atoms with van der Waals surface area (Å²) in [5, 5.41) is 3.27. The summed E-state index contributed by atoms with van der Waals surface area (Å²) in [6.45, 7) is 5.01. The van der Waals surface area contributed by atoms with Crippen molar-refractivity contribution in [3.05, 3.63) is 47.0 Å². The lowest BCUT2D eigenvalue weighted by Gasteiger charge is -2.26. The topological polar surface area (TPSA) is 88.6 Å². The molecule has 0 saturated carbocycles. The van der Waals surface area contributed by atoms with E-state index in [4.69, 9.17) is 4.74 Å². The average molecular weight is 460 g/mol. The van der Waals surface area contributed by atoms with Crippen molar-refractivity contribution in [3.8, 4) is 5.75 Å². The number of hydrogen-bond acceptors (Lipinski definition) is 6. The van der Waals surface area contributed by atoms with Gasteiger partial charge in [0.2, 0.25) is 10.0 Å². The Bertz CT molecular complexity index is 1250. The van der Waals surface area contributed by atoms with Gasteiger partial charge in [-0.05, 0) is 62.1 Å². The van der Waals surface area contributed by atoms with Gasteiger partial charge in [-0.25, -0.2) is 13.4 Å². The summed E-state index contributed by atoms with van der Waals surface area (Å²) in [7, 11) is -2.21. The van der Waals surface area contributed by atoms with Gasteiger partial charge in [-0.1, -0.05) is 23.8 Å². The fourth-order valence-corrected chi connectivity index (χ4v) is 6.33. The van der Waals surface area contributed by atoms with Crippen molar-refractivity contribution >= 4 is 42.6 Å². The van der Waals surface area contributed by atoms with Crippen molar-refractivity contribution < 1.29 is 17.9 Å². The maximum absolute atomic E-state index is 13.0. The summed E-state index contributed by atoms with van der Waals surface area (Å²) in [4.78, 5) is 17.7. The highest BCUT2D eigenvalue weighted by Crippen LogP contribution is 2.31. The minimum Gasteiger partial charge on any atom is -0.496 e. The lowest BCUT2D eigenvalue weighted by molar-refractivity contribution is 0.102. The summed E-state index contributed by atoms with van der Waals surface area (Å²) in [6, 6.07) is 8.45. The molecule has 4 rings (SSSR count). The van der Waals surface area contributed by atoms with E-state index in [0.29, 0.717) is 24.0 Å². The molecule has 1 fully saturated rings. The number of sulfonamides is 1. The molecular weight excluding hydrogens is 434 g/mol. The number of anilines is 1. The SMILES string of the molecule is COc1ccc(S(=O)(=O)N2CCCCC2)cc1C(=O)Nc1nc2cc(C)cc(C)c2s1. The molecule has 0 radical (unpaired) electrons. The maximum Gasteiger partial charge on any atom is 0.261 e. The number of carbonyl (C=O) groups excluding carboxylic acids is 1. The molecule has 1 aliphatic rings. The van der Waals surface area contributed by atoms with Gasteiger partial charge in [0.25, 0.3) is 5.91 Å². The fraction of sp³-hybridized carbons (Fsp3) is 0.364. The van der Waals surface area contributed by atoms with Crippen molar-refractivity contribution in [2.45, 2.75) is 38.0 Å². The molecule has 2 aromatic carbocycles. The number of thiazole rings is 1. The van der Waals surface area contributed by atoms with Gasteiger partial charge in [0.05, 0.1) is 27.8 Å². The summed E-state index contributed by atoms with van der Waals surface area (Å²) in [5.41, 5.74) is 3.18. The van der Waals surface area contributed by atoms with Gasteiger partial charge < -0.3 is 4.74 Å². The zero-order valence-electron chi connectivity index (χ0n) is 17.8. The number of methoxy groups -OCH3 is 1.